The number of halogens is 1. The van der Waals surface area contributed by atoms with Gasteiger partial charge in [0.2, 0.25) is 0 Å². The Morgan fingerprint density at radius 2 is 2.35 bits per heavy atom. The third-order valence-electron chi connectivity index (χ3n) is 2.48. The normalized spacial score (nSPS) is 18.7. The molecular weight excluding hydrogens is 304 g/mol. The Hall–Kier alpha value is -0.810. The summed E-state index contributed by atoms with van der Waals surface area (Å²) in [5, 5.41) is -0.711. The van der Waals surface area contributed by atoms with Crippen LogP contribution < -0.4 is 0 Å². The molecule has 1 aromatic rings. The van der Waals surface area contributed by atoms with Gasteiger partial charge in [0, 0.05) is 15.8 Å². The summed E-state index contributed by atoms with van der Waals surface area (Å²) in [5.41, 5.74) is 1.60. The van der Waals surface area contributed by atoms with Gasteiger partial charge in [0.05, 0.1) is 6.61 Å². The number of fused-ring (bicyclic) bond motifs is 1. The molecule has 90 valence electrons. The minimum Gasteiger partial charge on any atom is -0.465 e. The van der Waals surface area contributed by atoms with Crippen LogP contribution in [0, 0.1) is 0 Å². The summed E-state index contributed by atoms with van der Waals surface area (Å²) in [7, 11) is 0. The predicted octanol–water partition coefficient (Wildman–Crippen LogP) is 2.81. The maximum atomic E-state index is 12.1. The zero-order chi connectivity index (χ0) is 12.4. The van der Waals surface area contributed by atoms with Crippen LogP contribution in [0.1, 0.15) is 22.8 Å². The van der Waals surface area contributed by atoms with E-state index in [4.69, 9.17) is 4.74 Å². The molecule has 5 heteroatoms. The number of Topliss-reactive ketones (excluding diaryl/α,β-unsaturated/α-hetero) is 1. The summed E-state index contributed by atoms with van der Waals surface area (Å²) in [6.45, 7) is 2.04. The first kappa shape index (κ1) is 12.6. The van der Waals surface area contributed by atoms with Gasteiger partial charge in [-0.15, -0.1) is 11.8 Å². The second kappa shape index (κ2) is 5.23. The number of carbonyl (C=O) groups excluding carboxylic acids is 2. The van der Waals surface area contributed by atoms with E-state index < -0.39 is 11.2 Å². The molecule has 0 spiro atoms. The van der Waals surface area contributed by atoms with Crippen molar-refractivity contribution in [2.24, 2.45) is 0 Å². The van der Waals surface area contributed by atoms with Crippen LogP contribution in [0.4, 0.5) is 0 Å². The number of ketones is 1. The van der Waals surface area contributed by atoms with Crippen LogP contribution in [0.3, 0.4) is 0 Å². The molecule has 1 unspecified atom stereocenters. The Bertz CT molecular complexity index is 473. The summed E-state index contributed by atoms with van der Waals surface area (Å²) in [6, 6.07) is 5.58. The van der Waals surface area contributed by atoms with E-state index in [9.17, 15) is 9.59 Å². The van der Waals surface area contributed by atoms with Crippen LogP contribution in [0.2, 0.25) is 0 Å². The van der Waals surface area contributed by atoms with Crippen molar-refractivity contribution in [3.05, 3.63) is 33.8 Å². The number of ether oxygens (including phenoxy) is 1. The quantitative estimate of drug-likeness (QED) is 0.622. The molecule has 1 aliphatic rings. The Kier molecular flexibility index (Phi) is 3.89. The van der Waals surface area contributed by atoms with E-state index in [1.807, 2.05) is 12.1 Å². The first-order valence-corrected chi connectivity index (χ1v) is 7.08. The summed E-state index contributed by atoms with van der Waals surface area (Å²) in [6.07, 6.45) is 0. The number of thioether (sulfide) groups is 1. The molecule has 3 nitrogen and oxygen atoms in total. The van der Waals surface area contributed by atoms with Crippen molar-refractivity contribution in [2.75, 3.05) is 6.61 Å². The van der Waals surface area contributed by atoms with Crippen molar-refractivity contribution >= 4 is 39.4 Å². The Morgan fingerprint density at radius 3 is 3.06 bits per heavy atom. The van der Waals surface area contributed by atoms with Gasteiger partial charge in [0.15, 0.2) is 11.0 Å². The van der Waals surface area contributed by atoms with Gasteiger partial charge < -0.3 is 4.74 Å². The van der Waals surface area contributed by atoms with Gasteiger partial charge in [-0.2, -0.15) is 0 Å². The van der Waals surface area contributed by atoms with E-state index in [0.717, 1.165) is 10.0 Å². The van der Waals surface area contributed by atoms with Gasteiger partial charge >= 0.3 is 5.97 Å². The van der Waals surface area contributed by atoms with Gasteiger partial charge in [-0.05, 0) is 24.6 Å². The third-order valence-corrected chi connectivity index (χ3v) is 4.19. The number of rotatable bonds is 2. The molecule has 1 heterocycles. The summed E-state index contributed by atoms with van der Waals surface area (Å²) < 4.78 is 5.75. The lowest BCUT2D eigenvalue weighted by Gasteiger charge is -2.21. The molecular formula is C12H11BrO3S. The molecule has 0 amide bonds. The maximum Gasteiger partial charge on any atom is 0.327 e. The third kappa shape index (κ3) is 2.55. The lowest BCUT2D eigenvalue weighted by Crippen LogP contribution is -2.32. The Balaban J connectivity index is 2.29. The molecule has 0 bridgehead atoms. The van der Waals surface area contributed by atoms with Gasteiger partial charge in [0.1, 0.15) is 0 Å². The number of benzene rings is 1. The van der Waals surface area contributed by atoms with E-state index in [-0.39, 0.29) is 5.78 Å². The fraction of sp³-hybridized carbons (Fsp3) is 0.333. The van der Waals surface area contributed by atoms with E-state index in [1.54, 1.807) is 13.0 Å². The predicted molar refractivity (Wildman–Crippen MR) is 70.2 cm³/mol. The van der Waals surface area contributed by atoms with E-state index in [2.05, 4.69) is 15.9 Å². The topological polar surface area (TPSA) is 43.4 Å². The molecule has 0 fully saturated rings. The van der Waals surface area contributed by atoms with Crippen LogP contribution in [-0.4, -0.2) is 23.6 Å². The first-order chi connectivity index (χ1) is 8.13. The minimum absolute atomic E-state index is 0.156. The lowest BCUT2D eigenvalue weighted by atomic mass is 10.0. The molecule has 0 N–H and O–H groups in total. The number of hydrogen-bond donors (Lipinski definition) is 0. The van der Waals surface area contributed by atoms with Crippen molar-refractivity contribution in [3.8, 4) is 0 Å². The monoisotopic (exact) mass is 314 g/mol. The summed E-state index contributed by atoms with van der Waals surface area (Å²) in [4.78, 5) is 23.8. The standard InChI is InChI=1S/C12H11BrO3S/c1-2-16-12(15)11-10(14)9-5-8(13)4-3-7(9)6-17-11/h3-5,11H,2,6H2,1H3. The molecule has 2 rings (SSSR count). The molecule has 1 aliphatic heterocycles. The van der Waals surface area contributed by atoms with E-state index >= 15 is 0 Å². The van der Waals surface area contributed by atoms with Crippen LogP contribution >= 0.6 is 27.7 Å². The molecule has 0 aromatic heterocycles. The first-order valence-electron chi connectivity index (χ1n) is 5.24. The van der Waals surface area contributed by atoms with Crippen LogP contribution in [-0.2, 0) is 15.3 Å². The average Bonchev–Trinajstić information content (AvgIpc) is 2.30. The van der Waals surface area contributed by atoms with Crippen molar-refractivity contribution in [3.63, 3.8) is 0 Å². The minimum atomic E-state index is -0.711. The van der Waals surface area contributed by atoms with Crippen molar-refractivity contribution in [1.82, 2.24) is 0 Å². The largest absolute Gasteiger partial charge is 0.465 e. The Morgan fingerprint density at radius 1 is 1.59 bits per heavy atom. The zero-order valence-corrected chi connectivity index (χ0v) is 11.6. The SMILES string of the molecule is CCOC(=O)C1SCc2ccc(Br)cc2C1=O. The highest BCUT2D eigenvalue weighted by Crippen LogP contribution is 2.32. The van der Waals surface area contributed by atoms with Crippen LogP contribution in [0.25, 0.3) is 0 Å². The van der Waals surface area contributed by atoms with E-state index in [0.29, 0.717) is 17.9 Å². The summed E-state index contributed by atoms with van der Waals surface area (Å²) in [5.74, 6) is 0.0711. The van der Waals surface area contributed by atoms with Gasteiger partial charge in [-0.1, -0.05) is 22.0 Å². The van der Waals surface area contributed by atoms with Crippen molar-refractivity contribution < 1.29 is 14.3 Å². The number of hydrogen-bond acceptors (Lipinski definition) is 4. The van der Waals surface area contributed by atoms with Crippen LogP contribution in [0.15, 0.2) is 22.7 Å². The van der Waals surface area contributed by atoms with Crippen LogP contribution in [0.5, 0.6) is 0 Å². The molecule has 17 heavy (non-hydrogen) atoms. The van der Waals surface area contributed by atoms with Gasteiger partial charge in [-0.25, -0.2) is 0 Å². The highest BCUT2D eigenvalue weighted by Gasteiger charge is 2.34. The average molecular weight is 315 g/mol. The smallest absolute Gasteiger partial charge is 0.327 e. The number of esters is 1. The van der Waals surface area contributed by atoms with Gasteiger partial charge in [0.25, 0.3) is 0 Å². The fourth-order valence-electron chi connectivity index (χ4n) is 1.69. The summed E-state index contributed by atoms with van der Waals surface area (Å²) >= 11 is 4.66. The molecule has 0 radical (unpaired) electrons. The second-order valence-electron chi connectivity index (χ2n) is 3.61. The highest BCUT2D eigenvalue weighted by atomic mass is 79.9. The zero-order valence-electron chi connectivity index (χ0n) is 9.23. The fourth-order valence-corrected chi connectivity index (χ4v) is 3.13. The molecule has 1 aromatic carbocycles. The van der Waals surface area contributed by atoms with Crippen molar-refractivity contribution in [1.29, 1.82) is 0 Å². The number of carbonyl (C=O) groups is 2. The highest BCUT2D eigenvalue weighted by molar-refractivity contribution is 9.10. The molecule has 0 saturated carbocycles. The van der Waals surface area contributed by atoms with E-state index in [1.165, 1.54) is 11.8 Å². The van der Waals surface area contributed by atoms with Gasteiger partial charge in [-0.3, -0.25) is 9.59 Å². The molecule has 0 aliphatic carbocycles. The second-order valence-corrected chi connectivity index (χ2v) is 5.62. The van der Waals surface area contributed by atoms with Crippen molar-refractivity contribution in [2.45, 2.75) is 17.9 Å². The molecule has 0 saturated heterocycles. The lowest BCUT2D eigenvalue weighted by molar-refractivity contribution is -0.141. The molecule has 1 atom stereocenters. The Labute approximate surface area is 112 Å². The maximum absolute atomic E-state index is 12.1.